The van der Waals surface area contributed by atoms with Crippen LogP contribution in [0.3, 0.4) is 0 Å². The second-order valence-electron chi connectivity index (χ2n) is 5.56. The van der Waals surface area contributed by atoms with Gasteiger partial charge in [0.05, 0.1) is 35.2 Å². The van der Waals surface area contributed by atoms with Crippen LogP contribution in [0.1, 0.15) is 6.92 Å². The summed E-state index contributed by atoms with van der Waals surface area (Å²) in [5, 5.41) is 26.1. The fourth-order valence-electron chi connectivity index (χ4n) is 2.39. The number of hydrogen-bond donors (Lipinski definition) is 2. The highest BCUT2D eigenvalue weighted by Gasteiger charge is 2.12. The van der Waals surface area contributed by atoms with Crippen LogP contribution in [0.5, 0.6) is 0 Å². The van der Waals surface area contributed by atoms with Gasteiger partial charge in [-0.2, -0.15) is 10.2 Å². The number of azo groups is 1. The van der Waals surface area contributed by atoms with E-state index < -0.39 is 16.4 Å². The van der Waals surface area contributed by atoms with Crippen LogP contribution >= 0.6 is 0 Å². The lowest BCUT2D eigenvalue weighted by Gasteiger charge is -2.21. The van der Waals surface area contributed by atoms with E-state index in [1.807, 2.05) is 36.1 Å². The van der Waals surface area contributed by atoms with Gasteiger partial charge in [0.2, 0.25) is 0 Å². The summed E-state index contributed by atoms with van der Waals surface area (Å²) in [5.41, 5.74) is 2.21. The van der Waals surface area contributed by atoms with Crippen LogP contribution in [0.4, 0.5) is 17.1 Å². The van der Waals surface area contributed by atoms with E-state index in [0.717, 1.165) is 12.2 Å². The molecule has 0 aromatic heterocycles. The van der Waals surface area contributed by atoms with E-state index in [4.69, 9.17) is 10.2 Å². The van der Waals surface area contributed by atoms with E-state index in [1.165, 1.54) is 12.1 Å². The smallest absolute Gasteiger partial charge is 0.180 e. The molecular weight excluding hydrogens is 354 g/mol. The minimum absolute atomic E-state index is 0.0965. The van der Waals surface area contributed by atoms with Crippen LogP contribution in [0, 0.1) is 0 Å². The first-order chi connectivity index (χ1) is 12.5. The Bertz CT molecular complexity index is 819. The molecule has 0 bridgehead atoms. The van der Waals surface area contributed by atoms with Crippen molar-refractivity contribution < 1.29 is 18.6 Å². The first-order valence-electron chi connectivity index (χ1n) is 8.31. The first kappa shape index (κ1) is 20.0. The van der Waals surface area contributed by atoms with Crippen molar-refractivity contribution in [2.24, 2.45) is 10.2 Å². The SMILES string of the molecule is CCN(CCO)c1ccc(N=Nc2ccc(S(=O)(=O)CCO)cc2)cc1. The Morgan fingerprint density at radius 2 is 1.42 bits per heavy atom. The molecule has 8 heteroatoms. The second-order valence-corrected chi connectivity index (χ2v) is 7.67. The van der Waals surface area contributed by atoms with Gasteiger partial charge in [0.25, 0.3) is 0 Å². The molecule has 0 aliphatic rings. The topological polar surface area (TPSA) is 103 Å². The molecule has 0 aliphatic heterocycles. The number of anilines is 1. The third kappa shape index (κ3) is 5.35. The van der Waals surface area contributed by atoms with Gasteiger partial charge in [-0.1, -0.05) is 0 Å². The molecule has 0 fully saturated rings. The molecule has 26 heavy (non-hydrogen) atoms. The number of sulfone groups is 1. The van der Waals surface area contributed by atoms with Crippen LogP contribution in [-0.4, -0.2) is 50.7 Å². The van der Waals surface area contributed by atoms with Crippen molar-refractivity contribution in [1.29, 1.82) is 0 Å². The Labute approximate surface area is 153 Å². The summed E-state index contributed by atoms with van der Waals surface area (Å²) in [6, 6.07) is 13.5. The number of likely N-dealkylation sites (N-methyl/N-ethyl adjacent to an activating group) is 1. The molecule has 0 saturated heterocycles. The molecule has 0 amide bonds. The van der Waals surface area contributed by atoms with Gasteiger partial charge in [-0.25, -0.2) is 8.42 Å². The highest BCUT2D eigenvalue weighted by atomic mass is 32.2. The lowest BCUT2D eigenvalue weighted by molar-refractivity contribution is 0.302. The van der Waals surface area contributed by atoms with E-state index in [2.05, 4.69) is 10.2 Å². The highest BCUT2D eigenvalue weighted by Crippen LogP contribution is 2.23. The number of rotatable bonds is 9. The number of hydrogen-bond acceptors (Lipinski definition) is 7. The third-order valence-corrected chi connectivity index (χ3v) is 5.51. The fourth-order valence-corrected chi connectivity index (χ4v) is 3.42. The van der Waals surface area contributed by atoms with Gasteiger partial charge in [-0.05, 0) is 55.5 Å². The quantitative estimate of drug-likeness (QED) is 0.654. The monoisotopic (exact) mass is 377 g/mol. The summed E-state index contributed by atoms with van der Waals surface area (Å²) in [6.07, 6.45) is 0. The number of aliphatic hydroxyl groups excluding tert-OH is 2. The van der Waals surface area contributed by atoms with Gasteiger partial charge in [-0.15, -0.1) is 0 Å². The maximum Gasteiger partial charge on any atom is 0.180 e. The van der Waals surface area contributed by atoms with E-state index in [9.17, 15) is 8.42 Å². The van der Waals surface area contributed by atoms with E-state index >= 15 is 0 Å². The van der Waals surface area contributed by atoms with Gasteiger partial charge in [0.1, 0.15) is 0 Å². The lowest BCUT2D eigenvalue weighted by atomic mass is 10.2. The fraction of sp³-hybridized carbons (Fsp3) is 0.333. The molecule has 2 rings (SSSR count). The molecule has 0 unspecified atom stereocenters. The minimum atomic E-state index is -3.46. The number of aliphatic hydroxyl groups is 2. The molecule has 0 aliphatic carbocycles. The molecule has 0 heterocycles. The summed E-state index contributed by atoms with van der Waals surface area (Å²) in [5.74, 6) is -0.300. The number of benzene rings is 2. The Morgan fingerprint density at radius 1 is 0.885 bits per heavy atom. The summed E-state index contributed by atoms with van der Waals surface area (Å²) < 4.78 is 23.7. The predicted molar refractivity (Wildman–Crippen MR) is 101 cm³/mol. The Balaban J connectivity index is 2.07. The summed E-state index contributed by atoms with van der Waals surface area (Å²) >= 11 is 0. The average Bonchev–Trinajstić information content (AvgIpc) is 2.65. The second kappa shape index (κ2) is 9.42. The number of nitrogens with zero attached hydrogens (tertiary/aromatic N) is 3. The van der Waals surface area contributed by atoms with Crippen molar-refractivity contribution in [3.63, 3.8) is 0 Å². The van der Waals surface area contributed by atoms with Crippen molar-refractivity contribution in [1.82, 2.24) is 0 Å². The molecule has 140 valence electrons. The van der Waals surface area contributed by atoms with Crippen molar-refractivity contribution >= 4 is 26.9 Å². The van der Waals surface area contributed by atoms with Crippen LogP contribution < -0.4 is 4.90 Å². The molecule has 2 N–H and O–H groups in total. The zero-order chi connectivity index (χ0) is 19.0. The average molecular weight is 377 g/mol. The molecule has 0 atom stereocenters. The zero-order valence-electron chi connectivity index (χ0n) is 14.6. The standard InChI is InChI=1S/C18H23N3O4S/c1-2-21(11-12-22)17-7-3-15(4-8-17)19-20-16-5-9-18(10-6-16)26(24,25)14-13-23/h3-10,22-23H,2,11-14H2,1H3. The summed E-state index contributed by atoms with van der Waals surface area (Å²) in [6.45, 7) is 3.08. The molecule has 2 aromatic rings. The van der Waals surface area contributed by atoms with Crippen LogP contribution in [0.25, 0.3) is 0 Å². The molecule has 2 aromatic carbocycles. The molecule has 7 nitrogen and oxygen atoms in total. The van der Waals surface area contributed by atoms with Gasteiger partial charge >= 0.3 is 0 Å². The van der Waals surface area contributed by atoms with Crippen molar-refractivity contribution in [3.05, 3.63) is 48.5 Å². The summed E-state index contributed by atoms with van der Waals surface area (Å²) in [7, 11) is -3.46. The lowest BCUT2D eigenvalue weighted by Crippen LogP contribution is -2.25. The van der Waals surface area contributed by atoms with Crippen LogP contribution in [0.2, 0.25) is 0 Å². The predicted octanol–water partition coefficient (Wildman–Crippen LogP) is 2.69. The Kier molecular flexibility index (Phi) is 7.26. The summed E-state index contributed by atoms with van der Waals surface area (Å²) in [4.78, 5) is 2.20. The van der Waals surface area contributed by atoms with Crippen molar-refractivity contribution in [2.45, 2.75) is 11.8 Å². The first-order valence-corrected chi connectivity index (χ1v) is 9.96. The largest absolute Gasteiger partial charge is 0.395 e. The normalized spacial score (nSPS) is 11.8. The van der Waals surface area contributed by atoms with Crippen LogP contribution in [-0.2, 0) is 9.84 Å². The molecule has 0 saturated carbocycles. The van der Waals surface area contributed by atoms with Crippen LogP contribution in [0.15, 0.2) is 63.7 Å². The third-order valence-electron chi connectivity index (χ3n) is 3.80. The highest BCUT2D eigenvalue weighted by molar-refractivity contribution is 7.91. The molecular formula is C18H23N3O4S. The van der Waals surface area contributed by atoms with Gasteiger partial charge in [0.15, 0.2) is 9.84 Å². The van der Waals surface area contributed by atoms with E-state index in [-0.39, 0.29) is 17.3 Å². The Morgan fingerprint density at radius 3 is 1.88 bits per heavy atom. The maximum atomic E-state index is 11.8. The van der Waals surface area contributed by atoms with E-state index in [0.29, 0.717) is 17.9 Å². The zero-order valence-corrected chi connectivity index (χ0v) is 15.4. The minimum Gasteiger partial charge on any atom is -0.395 e. The van der Waals surface area contributed by atoms with Crippen molar-refractivity contribution in [2.75, 3.05) is 37.0 Å². The van der Waals surface area contributed by atoms with Gasteiger partial charge in [-0.3, -0.25) is 0 Å². The molecule has 0 spiro atoms. The maximum absolute atomic E-state index is 11.8. The Hall–Kier alpha value is -2.29. The van der Waals surface area contributed by atoms with Gasteiger partial charge in [0, 0.05) is 18.8 Å². The molecule has 0 radical (unpaired) electrons. The van der Waals surface area contributed by atoms with Crippen molar-refractivity contribution in [3.8, 4) is 0 Å². The van der Waals surface area contributed by atoms with Gasteiger partial charge < -0.3 is 15.1 Å². The van der Waals surface area contributed by atoms with E-state index in [1.54, 1.807) is 12.1 Å².